The summed E-state index contributed by atoms with van der Waals surface area (Å²) in [6.45, 7) is 0.0120. The molecular weight excluding hydrogens is 510 g/mol. The molecule has 15 heteroatoms. The fourth-order valence-electron chi connectivity index (χ4n) is 3.63. The maximum absolute atomic E-state index is 11.9. The molecule has 12 nitrogen and oxygen atoms in total. The van der Waals surface area contributed by atoms with Crippen LogP contribution in [0.3, 0.4) is 0 Å². The van der Waals surface area contributed by atoms with Crippen molar-refractivity contribution < 1.29 is 38.2 Å². The average Bonchev–Trinajstić information content (AvgIpc) is 3.32. The molecule has 0 bridgehead atoms. The monoisotopic (exact) mass is 532 g/mol. The van der Waals surface area contributed by atoms with Crippen LogP contribution in [-0.2, 0) is 24.9 Å². The number of aliphatic hydroxyl groups excluding tert-OH is 1. The van der Waals surface area contributed by atoms with E-state index in [1.807, 2.05) is 30.3 Å². The Morgan fingerprint density at radius 2 is 1.97 bits per heavy atom. The number of benzene rings is 1. The van der Waals surface area contributed by atoms with Gasteiger partial charge >= 0.3 is 15.2 Å². The Labute approximate surface area is 199 Å². The molecule has 2 aromatic heterocycles. The van der Waals surface area contributed by atoms with E-state index in [1.54, 1.807) is 12.3 Å². The molecule has 0 spiro atoms. The molecule has 1 fully saturated rings. The van der Waals surface area contributed by atoms with E-state index in [1.165, 1.54) is 4.52 Å². The summed E-state index contributed by atoms with van der Waals surface area (Å²) in [7, 11) is -9.33. The van der Waals surface area contributed by atoms with Crippen molar-refractivity contribution in [3.8, 4) is 0 Å². The minimum absolute atomic E-state index is 0.0995. The first kappa shape index (κ1) is 25.2. The van der Waals surface area contributed by atoms with Gasteiger partial charge in [-0.2, -0.15) is 5.10 Å². The minimum Gasteiger partial charge on any atom is -0.390 e. The smallest absolute Gasteiger partial charge is 0.340 e. The van der Waals surface area contributed by atoms with E-state index in [4.69, 9.17) is 30.6 Å². The number of nitrogens with one attached hydrogen (secondary N) is 1. The first-order chi connectivity index (χ1) is 16.0. The highest BCUT2D eigenvalue weighted by Gasteiger charge is 2.40. The third-order valence-corrected chi connectivity index (χ3v) is 8.78. The van der Waals surface area contributed by atoms with Crippen molar-refractivity contribution in [3.05, 3.63) is 59.1 Å². The number of hydrogen-bond acceptors (Lipinski definition) is 8. The van der Waals surface area contributed by atoms with Crippen LogP contribution in [0.15, 0.2) is 42.6 Å². The zero-order valence-corrected chi connectivity index (χ0v) is 20.2. The van der Waals surface area contributed by atoms with E-state index in [-0.39, 0.29) is 11.6 Å². The lowest BCUT2D eigenvalue weighted by atomic mass is 10.1. The molecule has 184 valence electrons. The van der Waals surface area contributed by atoms with Crippen molar-refractivity contribution in [1.82, 2.24) is 14.6 Å². The summed E-state index contributed by atoms with van der Waals surface area (Å²) in [5, 5.41) is 18.2. The van der Waals surface area contributed by atoms with Gasteiger partial charge in [0.1, 0.15) is 17.7 Å². The van der Waals surface area contributed by atoms with Gasteiger partial charge in [0, 0.05) is 19.0 Å². The molecule has 3 heterocycles. The molecule has 1 saturated heterocycles. The first-order valence-corrected chi connectivity index (χ1v) is 14.1. The van der Waals surface area contributed by atoms with Crippen LogP contribution in [-0.4, -0.2) is 59.1 Å². The zero-order chi connectivity index (χ0) is 24.5. The molecular formula is C19H23ClN4O8P2. The van der Waals surface area contributed by atoms with E-state index in [2.05, 4.69) is 15.4 Å². The van der Waals surface area contributed by atoms with E-state index in [9.17, 15) is 19.1 Å². The summed E-state index contributed by atoms with van der Waals surface area (Å²) in [6.07, 6.45) is -1.11. The molecule has 4 atom stereocenters. The van der Waals surface area contributed by atoms with Gasteiger partial charge in [-0.3, -0.25) is 9.13 Å². The maximum atomic E-state index is 11.9. The second-order valence-corrected chi connectivity index (χ2v) is 12.2. The Morgan fingerprint density at radius 3 is 2.68 bits per heavy atom. The molecule has 0 amide bonds. The summed E-state index contributed by atoms with van der Waals surface area (Å²) in [5.74, 6) is -0.956. The Hall–Kier alpha value is -1.85. The molecule has 0 aliphatic carbocycles. The normalized spacial score (nSPS) is 22.7. The zero-order valence-electron chi connectivity index (χ0n) is 17.6. The molecule has 5 N–H and O–H groups in total. The average molecular weight is 533 g/mol. The largest absolute Gasteiger partial charge is 0.390 e. The van der Waals surface area contributed by atoms with Crippen molar-refractivity contribution in [1.29, 1.82) is 0 Å². The number of halogens is 1. The maximum Gasteiger partial charge on any atom is 0.340 e. The number of hydrogen-bond donors (Lipinski definition) is 5. The Balaban J connectivity index is 1.48. The van der Waals surface area contributed by atoms with E-state index in [0.29, 0.717) is 23.6 Å². The number of rotatable bonds is 9. The fourth-order valence-corrected chi connectivity index (χ4v) is 6.38. The number of aromatic nitrogens is 3. The molecule has 1 aromatic carbocycles. The fraction of sp³-hybridized carbons (Fsp3) is 0.368. The number of fused-ring (bicyclic) bond motifs is 1. The van der Waals surface area contributed by atoms with Gasteiger partial charge in [0.25, 0.3) is 0 Å². The SMILES string of the molecule is O=P(O)(O)CP(=O)(O)OC[C@H]1O[C@@H](c2ncc3c(NCc4ccccc4)cc(Cl)nn23)C[C@@H]1O. The van der Waals surface area contributed by atoms with E-state index < -0.39 is 46.0 Å². The van der Waals surface area contributed by atoms with Crippen molar-refractivity contribution in [3.63, 3.8) is 0 Å². The molecule has 34 heavy (non-hydrogen) atoms. The van der Waals surface area contributed by atoms with Gasteiger partial charge in [-0.15, -0.1) is 0 Å². The number of nitrogens with zero attached hydrogens (tertiary/aromatic N) is 3. The molecule has 1 aliphatic heterocycles. The predicted molar refractivity (Wildman–Crippen MR) is 123 cm³/mol. The quantitative estimate of drug-likeness (QED) is 0.256. The highest BCUT2D eigenvalue weighted by molar-refractivity contribution is 7.70. The molecule has 1 unspecified atom stereocenters. The van der Waals surface area contributed by atoms with E-state index in [0.717, 1.165) is 5.56 Å². The van der Waals surface area contributed by atoms with Gasteiger partial charge in [-0.05, 0) is 5.56 Å². The van der Waals surface area contributed by atoms with Crippen LogP contribution >= 0.6 is 26.8 Å². The lowest BCUT2D eigenvalue weighted by molar-refractivity contribution is -0.0209. The first-order valence-electron chi connectivity index (χ1n) is 10.2. The van der Waals surface area contributed by atoms with Crippen LogP contribution in [0.2, 0.25) is 5.15 Å². The summed E-state index contributed by atoms with van der Waals surface area (Å²) >= 11 is 6.22. The second-order valence-electron chi connectivity index (χ2n) is 7.84. The third-order valence-electron chi connectivity index (χ3n) is 5.14. The summed E-state index contributed by atoms with van der Waals surface area (Å²) in [5.41, 5.74) is 2.40. The summed E-state index contributed by atoms with van der Waals surface area (Å²) < 4.78 is 34.9. The van der Waals surface area contributed by atoms with Gasteiger partial charge < -0.3 is 34.4 Å². The lowest BCUT2D eigenvalue weighted by Gasteiger charge is -2.18. The summed E-state index contributed by atoms with van der Waals surface area (Å²) in [4.78, 5) is 31.8. The molecule has 0 radical (unpaired) electrons. The number of anilines is 1. The topological polar surface area (TPSA) is 176 Å². The highest BCUT2D eigenvalue weighted by Crippen LogP contribution is 2.55. The molecule has 4 rings (SSSR count). The summed E-state index contributed by atoms with van der Waals surface area (Å²) in [6, 6.07) is 11.4. The van der Waals surface area contributed by atoms with Gasteiger partial charge in [0.05, 0.1) is 24.6 Å². The lowest BCUT2D eigenvalue weighted by Crippen LogP contribution is -2.26. The van der Waals surface area contributed by atoms with Crippen molar-refractivity contribution >= 4 is 38.0 Å². The number of ether oxygens (including phenoxy) is 1. The molecule has 1 aliphatic rings. The predicted octanol–water partition coefficient (Wildman–Crippen LogP) is 2.52. The van der Waals surface area contributed by atoms with Crippen LogP contribution in [0.5, 0.6) is 0 Å². The molecule has 3 aromatic rings. The second kappa shape index (κ2) is 10.0. The van der Waals surface area contributed by atoms with Crippen molar-refractivity contribution in [2.75, 3.05) is 17.8 Å². The highest BCUT2D eigenvalue weighted by atomic mass is 35.5. The van der Waals surface area contributed by atoms with Crippen LogP contribution in [0.25, 0.3) is 5.52 Å². The van der Waals surface area contributed by atoms with Gasteiger partial charge in [0.2, 0.25) is 0 Å². The molecule has 0 saturated carbocycles. The number of imidazole rings is 1. The van der Waals surface area contributed by atoms with E-state index >= 15 is 0 Å². The van der Waals surface area contributed by atoms with Gasteiger partial charge in [0.15, 0.2) is 16.9 Å². The van der Waals surface area contributed by atoms with Gasteiger partial charge in [-0.25, -0.2) is 9.50 Å². The third kappa shape index (κ3) is 6.23. The minimum atomic E-state index is -4.76. The van der Waals surface area contributed by atoms with Crippen molar-refractivity contribution in [2.45, 2.75) is 31.3 Å². The Bertz CT molecular complexity index is 1250. The van der Waals surface area contributed by atoms with Crippen LogP contribution < -0.4 is 5.32 Å². The Morgan fingerprint density at radius 1 is 1.24 bits per heavy atom. The van der Waals surface area contributed by atoms with Crippen molar-refractivity contribution in [2.24, 2.45) is 0 Å². The Kier molecular flexibility index (Phi) is 7.44. The van der Waals surface area contributed by atoms with Crippen LogP contribution in [0.1, 0.15) is 23.9 Å². The standard InChI is InChI=1S/C19H23ClN4O8P2/c20-18-6-13(21-8-12-4-2-1-3-5-12)14-9-22-19(24(14)23-18)16-7-15(25)17(32-16)10-31-34(29,30)11-33(26,27)28/h1-6,9,15-17,21,25H,7-8,10-11H2,(H,29,30)(H2,26,27,28)/t15-,16+,17+/m0/s1. The van der Waals surface area contributed by atoms with Crippen LogP contribution in [0.4, 0.5) is 5.69 Å². The number of aliphatic hydroxyl groups is 1. The van der Waals surface area contributed by atoms with Gasteiger partial charge in [-0.1, -0.05) is 41.9 Å². The van der Waals surface area contributed by atoms with Crippen LogP contribution in [0, 0.1) is 0 Å².